The van der Waals surface area contributed by atoms with Crippen LogP contribution >= 0.6 is 11.6 Å². The second-order valence-electron chi connectivity index (χ2n) is 7.42. The first-order valence-corrected chi connectivity index (χ1v) is 10.5. The average molecular weight is 457 g/mol. The molecule has 1 fully saturated rings. The number of urea groups is 1. The van der Waals surface area contributed by atoms with Crippen LogP contribution in [0.25, 0.3) is 0 Å². The van der Waals surface area contributed by atoms with Crippen LogP contribution in [0.2, 0.25) is 5.02 Å². The molecule has 2 aromatic carbocycles. The van der Waals surface area contributed by atoms with Gasteiger partial charge in [-0.3, -0.25) is 10.0 Å². The van der Waals surface area contributed by atoms with Crippen molar-refractivity contribution in [3.63, 3.8) is 0 Å². The smallest absolute Gasteiger partial charge is 0.318 e. The number of hydroxylamine groups is 1. The lowest BCUT2D eigenvalue weighted by Crippen LogP contribution is -2.58. The zero-order chi connectivity index (χ0) is 23.1. The number of rotatable bonds is 4. The summed E-state index contributed by atoms with van der Waals surface area (Å²) in [7, 11) is 0. The minimum atomic E-state index is -1.23. The van der Waals surface area contributed by atoms with Crippen LogP contribution in [0.3, 0.4) is 0 Å². The molecule has 3 amide bonds. The lowest BCUT2D eigenvalue weighted by molar-refractivity contribution is -0.133. The van der Waals surface area contributed by atoms with Crippen LogP contribution in [0, 0.1) is 11.8 Å². The predicted octanol–water partition coefficient (Wildman–Crippen LogP) is 1.83. The average Bonchev–Trinajstić information content (AvgIpc) is 2.82. The van der Waals surface area contributed by atoms with E-state index in [9.17, 15) is 14.7 Å². The first-order chi connectivity index (χ1) is 15.4. The number of nitrogens with one attached hydrogen (secondary N) is 2. The zero-order valence-corrected chi connectivity index (χ0v) is 18.3. The predicted molar refractivity (Wildman–Crippen MR) is 122 cm³/mol. The highest BCUT2D eigenvalue weighted by Gasteiger charge is 2.29. The number of aliphatic hydroxyl groups excluding tert-OH is 1. The maximum absolute atomic E-state index is 12.4. The summed E-state index contributed by atoms with van der Waals surface area (Å²) < 4.78 is 0. The summed E-state index contributed by atoms with van der Waals surface area (Å²) in [5.41, 5.74) is 4.27. The number of carbonyl (C=O) groups excluding carboxylic acids is 2. The van der Waals surface area contributed by atoms with Crippen LogP contribution < -0.4 is 15.7 Å². The summed E-state index contributed by atoms with van der Waals surface area (Å²) in [6.07, 6.45) is -1.14. The molecule has 2 aromatic rings. The number of benzene rings is 2. The summed E-state index contributed by atoms with van der Waals surface area (Å²) in [6, 6.07) is 13.6. The molecule has 168 valence electrons. The first-order valence-electron chi connectivity index (χ1n) is 10.2. The van der Waals surface area contributed by atoms with E-state index in [4.69, 9.17) is 16.8 Å². The van der Waals surface area contributed by atoms with E-state index >= 15 is 0 Å². The number of piperazine rings is 1. The van der Waals surface area contributed by atoms with Gasteiger partial charge in [0.1, 0.15) is 6.04 Å². The molecule has 32 heavy (non-hydrogen) atoms. The van der Waals surface area contributed by atoms with Crippen LogP contribution in [0.15, 0.2) is 48.5 Å². The maximum atomic E-state index is 12.4. The molecule has 2 atom stereocenters. The third-order valence-electron chi connectivity index (χ3n) is 5.15. The Kier molecular flexibility index (Phi) is 7.95. The lowest BCUT2D eigenvalue weighted by atomic mass is 10.1. The number of carbonyl (C=O) groups is 2. The molecular weight excluding hydrogens is 432 g/mol. The first kappa shape index (κ1) is 23.4. The van der Waals surface area contributed by atoms with Crippen molar-refractivity contribution in [1.82, 2.24) is 15.7 Å². The quantitative estimate of drug-likeness (QED) is 0.319. The Balaban J connectivity index is 1.54. The summed E-state index contributed by atoms with van der Waals surface area (Å²) in [6.45, 7) is 3.51. The molecule has 0 aliphatic carbocycles. The summed E-state index contributed by atoms with van der Waals surface area (Å²) in [4.78, 5) is 27.8. The highest BCUT2D eigenvalue weighted by atomic mass is 35.5. The van der Waals surface area contributed by atoms with Gasteiger partial charge in [-0.05, 0) is 55.5 Å². The highest BCUT2D eigenvalue weighted by molar-refractivity contribution is 6.30. The molecule has 3 rings (SSSR count). The van der Waals surface area contributed by atoms with Crippen molar-refractivity contribution in [1.29, 1.82) is 0 Å². The third kappa shape index (κ3) is 6.14. The van der Waals surface area contributed by atoms with Gasteiger partial charge in [0.05, 0.1) is 6.10 Å². The van der Waals surface area contributed by atoms with Gasteiger partial charge in [-0.15, -0.1) is 0 Å². The molecule has 1 heterocycles. The molecule has 1 aliphatic heterocycles. The summed E-state index contributed by atoms with van der Waals surface area (Å²) >= 11 is 5.89. The SMILES string of the molecule is C[C@@H](O)[C@@H](NC(=O)N1CCN(c2ccc(C#Cc3ccc(Cl)cc3)cc2)CC1)C(=O)NO. The Morgan fingerprint density at radius 3 is 2.00 bits per heavy atom. The second kappa shape index (κ2) is 10.9. The van der Waals surface area contributed by atoms with E-state index in [2.05, 4.69) is 22.1 Å². The summed E-state index contributed by atoms with van der Waals surface area (Å²) in [5.74, 6) is 5.37. The number of aliphatic hydroxyl groups is 1. The van der Waals surface area contributed by atoms with Gasteiger partial charge in [0.25, 0.3) is 5.91 Å². The van der Waals surface area contributed by atoms with Crippen molar-refractivity contribution < 1.29 is 19.9 Å². The molecule has 9 heteroatoms. The molecule has 0 saturated carbocycles. The normalized spacial score (nSPS) is 15.2. The molecule has 0 bridgehead atoms. The number of nitrogens with zero attached hydrogens (tertiary/aromatic N) is 2. The Bertz CT molecular complexity index is 991. The minimum Gasteiger partial charge on any atom is -0.391 e. The van der Waals surface area contributed by atoms with Gasteiger partial charge in [-0.2, -0.15) is 0 Å². The number of amides is 3. The molecule has 0 unspecified atom stereocenters. The fourth-order valence-corrected chi connectivity index (χ4v) is 3.43. The van der Waals surface area contributed by atoms with Crippen LogP contribution in [0.5, 0.6) is 0 Å². The van der Waals surface area contributed by atoms with Crippen molar-refractivity contribution in [3.05, 3.63) is 64.7 Å². The molecule has 0 radical (unpaired) electrons. The van der Waals surface area contributed by atoms with Gasteiger partial charge < -0.3 is 20.2 Å². The Morgan fingerprint density at radius 1 is 0.969 bits per heavy atom. The van der Waals surface area contributed by atoms with E-state index in [-0.39, 0.29) is 0 Å². The molecule has 8 nitrogen and oxygen atoms in total. The maximum Gasteiger partial charge on any atom is 0.318 e. The third-order valence-corrected chi connectivity index (χ3v) is 5.40. The largest absolute Gasteiger partial charge is 0.391 e. The number of halogens is 1. The van der Waals surface area contributed by atoms with Gasteiger partial charge in [0.2, 0.25) is 0 Å². The van der Waals surface area contributed by atoms with Crippen LogP contribution in [-0.4, -0.2) is 65.5 Å². The van der Waals surface area contributed by atoms with Gasteiger partial charge in [-0.1, -0.05) is 23.4 Å². The zero-order valence-electron chi connectivity index (χ0n) is 17.6. The molecule has 0 aromatic heterocycles. The fourth-order valence-electron chi connectivity index (χ4n) is 3.30. The lowest BCUT2D eigenvalue weighted by Gasteiger charge is -2.36. The second-order valence-corrected chi connectivity index (χ2v) is 7.86. The molecule has 4 N–H and O–H groups in total. The van der Waals surface area contributed by atoms with Crippen LogP contribution in [0.4, 0.5) is 10.5 Å². The molecular formula is C23H25ClN4O4. The molecule has 1 aliphatic rings. The van der Waals surface area contributed by atoms with E-state index in [0.717, 1.165) is 16.8 Å². The fraction of sp³-hybridized carbons (Fsp3) is 0.304. The van der Waals surface area contributed by atoms with Gasteiger partial charge >= 0.3 is 6.03 Å². The van der Waals surface area contributed by atoms with Crippen LogP contribution in [0.1, 0.15) is 18.1 Å². The van der Waals surface area contributed by atoms with Crippen molar-refractivity contribution in [2.75, 3.05) is 31.1 Å². The van der Waals surface area contributed by atoms with Crippen molar-refractivity contribution >= 4 is 29.2 Å². The Morgan fingerprint density at radius 2 is 1.50 bits per heavy atom. The van der Waals surface area contributed by atoms with Gasteiger partial charge in [-0.25, -0.2) is 10.3 Å². The Labute approximate surface area is 191 Å². The van der Waals surface area contributed by atoms with E-state index in [1.54, 1.807) is 17.0 Å². The highest BCUT2D eigenvalue weighted by Crippen LogP contribution is 2.17. The minimum absolute atomic E-state index is 0.456. The molecule has 0 spiro atoms. The summed E-state index contributed by atoms with van der Waals surface area (Å²) in [5, 5.41) is 21.6. The number of anilines is 1. The van der Waals surface area contributed by atoms with Crippen molar-refractivity contribution in [2.24, 2.45) is 0 Å². The number of hydrogen-bond acceptors (Lipinski definition) is 5. The topological polar surface area (TPSA) is 105 Å². The number of hydrogen-bond donors (Lipinski definition) is 4. The standard InChI is InChI=1S/C23H25ClN4O4/c1-16(29)21(22(30)26-32)25-23(31)28-14-12-27(13-15-28)20-10-6-18(7-11-20)3-2-17-4-8-19(24)9-5-17/h4-11,16,21,29,32H,12-15H2,1H3,(H,25,31)(H,26,30)/t16-,21-/m1/s1. The van der Waals surface area contributed by atoms with Crippen molar-refractivity contribution in [3.8, 4) is 11.8 Å². The molecule has 1 saturated heterocycles. The van der Waals surface area contributed by atoms with Gasteiger partial charge in [0.15, 0.2) is 0 Å². The van der Waals surface area contributed by atoms with E-state index in [1.807, 2.05) is 36.4 Å². The van der Waals surface area contributed by atoms with Crippen molar-refractivity contribution in [2.45, 2.75) is 19.1 Å². The monoisotopic (exact) mass is 456 g/mol. The van der Waals surface area contributed by atoms with Crippen LogP contribution in [-0.2, 0) is 4.79 Å². The van der Waals surface area contributed by atoms with E-state index < -0.39 is 24.1 Å². The van der Waals surface area contributed by atoms with E-state index in [0.29, 0.717) is 31.2 Å². The van der Waals surface area contributed by atoms with E-state index in [1.165, 1.54) is 12.4 Å². The van der Waals surface area contributed by atoms with Gasteiger partial charge in [0, 0.05) is 48.0 Å². The Hall–Kier alpha value is -3.25.